The second kappa shape index (κ2) is 9.80. The number of likely N-dealkylation sites (tertiary alicyclic amines) is 1. The van der Waals surface area contributed by atoms with Crippen molar-refractivity contribution in [1.82, 2.24) is 34.4 Å². The summed E-state index contributed by atoms with van der Waals surface area (Å²) in [6.45, 7) is 2.73. The van der Waals surface area contributed by atoms with Crippen molar-refractivity contribution in [3.8, 4) is 11.5 Å². The molecule has 11 nitrogen and oxygen atoms in total. The summed E-state index contributed by atoms with van der Waals surface area (Å²) in [4.78, 5) is 33.7. The maximum Gasteiger partial charge on any atom is 0.255 e. The Morgan fingerprint density at radius 3 is 2.79 bits per heavy atom. The highest BCUT2D eigenvalue weighted by molar-refractivity contribution is 6.08. The van der Waals surface area contributed by atoms with Crippen LogP contribution in [0.2, 0.25) is 0 Å². The number of hydrogen-bond donors (Lipinski definition) is 1. The van der Waals surface area contributed by atoms with Crippen LogP contribution in [-0.4, -0.2) is 72.7 Å². The number of alkyl halides is 1. The van der Waals surface area contributed by atoms with Crippen LogP contribution in [0.15, 0.2) is 67.0 Å². The molecule has 0 spiro atoms. The van der Waals surface area contributed by atoms with Crippen LogP contribution in [-0.2, 0) is 4.79 Å². The number of hydrogen-bond acceptors (Lipinski definition) is 9. The highest BCUT2D eigenvalue weighted by Gasteiger charge is 2.41. The molecule has 13 heteroatoms. The first-order valence-corrected chi connectivity index (χ1v) is 13.3. The molecule has 0 atom stereocenters. The minimum atomic E-state index is -1.48. The maximum absolute atomic E-state index is 15.3. The minimum Gasteiger partial charge on any atom is -0.457 e. The molecule has 2 aliphatic rings. The number of aryl methyl sites for hydroxylation is 1. The fraction of sp³-hybridized carbons (Fsp3) is 0.241. The minimum absolute atomic E-state index is 0.187. The lowest BCUT2D eigenvalue weighted by atomic mass is 9.94. The van der Waals surface area contributed by atoms with Crippen molar-refractivity contribution in [2.75, 3.05) is 36.9 Å². The molecule has 0 radical (unpaired) electrons. The molecule has 1 amide bonds. The summed E-state index contributed by atoms with van der Waals surface area (Å²) in [5, 5.41) is 7.66. The van der Waals surface area contributed by atoms with Gasteiger partial charge >= 0.3 is 0 Å². The van der Waals surface area contributed by atoms with E-state index in [-0.39, 0.29) is 24.7 Å². The van der Waals surface area contributed by atoms with Gasteiger partial charge in [0.1, 0.15) is 41.6 Å². The largest absolute Gasteiger partial charge is 0.457 e. The summed E-state index contributed by atoms with van der Waals surface area (Å²) in [7, 11) is 1.84. The molecule has 0 bridgehead atoms. The number of rotatable bonds is 6. The Labute approximate surface area is 238 Å². The predicted octanol–water partition coefficient (Wildman–Crippen LogP) is 4.37. The number of ether oxygens (including phenoxy) is 1. The number of aromatic nitrogens is 6. The molecule has 2 fully saturated rings. The van der Waals surface area contributed by atoms with Crippen LogP contribution in [0.5, 0.6) is 11.5 Å². The third kappa shape index (κ3) is 4.67. The molecular weight excluding hydrogens is 544 g/mol. The van der Waals surface area contributed by atoms with E-state index in [2.05, 4.69) is 30.4 Å². The molecule has 6 heterocycles. The molecule has 1 N–H and O–H groups in total. The number of halogens is 2. The van der Waals surface area contributed by atoms with Gasteiger partial charge in [0.25, 0.3) is 5.91 Å². The van der Waals surface area contributed by atoms with E-state index in [1.165, 1.54) is 35.9 Å². The van der Waals surface area contributed by atoms with E-state index in [4.69, 9.17) is 4.74 Å². The third-order valence-corrected chi connectivity index (χ3v) is 7.40. The summed E-state index contributed by atoms with van der Waals surface area (Å²) in [5.74, 6) is 0.747. The normalized spacial score (nSPS) is 17.8. The van der Waals surface area contributed by atoms with Gasteiger partial charge in [-0.05, 0) is 50.2 Å². The van der Waals surface area contributed by atoms with E-state index >= 15 is 4.39 Å². The predicted molar refractivity (Wildman–Crippen MR) is 151 cm³/mol. The van der Waals surface area contributed by atoms with Crippen molar-refractivity contribution in [2.45, 2.75) is 19.0 Å². The molecule has 7 rings (SSSR count). The summed E-state index contributed by atoms with van der Waals surface area (Å²) < 4.78 is 37.7. The van der Waals surface area contributed by atoms with Crippen molar-refractivity contribution < 1.29 is 18.3 Å². The Bertz CT molecular complexity index is 1900. The van der Waals surface area contributed by atoms with Crippen molar-refractivity contribution in [1.29, 1.82) is 0 Å². The highest BCUT2D eigenvalue weighted by Crippen LogP contribution is 2.35. The molecule has 2 aliphatic heterocycles. The monoisotopic (exact) mass is 569 g/mol. The van der Waals surface area contributed by atoms with Crippen LogP contribution in [0, 0.1) is 12.7 Å². The van der Waals surface area contributed by atoms with Gasteiger partial charge in [-0.25, -0.2) is 33.2 Å². The topological polar surface area (TPSA) is 114 Å². The Balaban J connectivity index is 1.14. The van der Waals surface area contributed by atoms with E-state index < -0.39 is 11.5 Å². The molecule has 0 aliphatic carbocycles. The van der Waals surface area contributed by atoms with E-state index in [1.54, 1.807) is 35.0 Å². The Kier molecular flexibility index (Phi) is 6.04. The number of pyridine rings is 2. The van der Waals surface area contributed by atoms with Crippen LogP contribution in [0.4, 0.5) is 26.1 Å². The van der Waals surface area contributed by atoms with Crippen LogP contribution in [0.1, 0.15) is 12.0 Å². The van der Waals surface area contributed by atoms with Gasteiger partial charge in [-0.3, -0.25) is 14.6 Å². The van der Waals surface area contributed by atoms with Crippen LogP contribution < -0.4 is 15.0 Å². The lowest BCUT2D eigenvalue weighted by Crippen LogP contribution is -2.55. The molecule has 5 aromatic rings. The highest BCUT2D eigenvalue weighted by atomic mass is 19.1. The van der Waals surface area contributed by atoms with Gasteiger partial charge in [-0.15, -0.1) is 0 Å². The fourth-order valence-electron chi connectivity index (χ4n) is 5.40. The standard InChI is InChI=1S/C29H25F2N9O2/c1-17-7-22(21(30)10-24(17)42-19-4-6-40-26(8-19)34-16-36-40)37-27-20-9-25(32-12-23(20)33-15-35-27)39-5-3-18(28(39)41)11-29(31)13-38(2)14-29/h4,6-12,15-16H,3,5,13-14H2,1-2H3,(H,33,35,37)/b18-11+. The fourth-order valence-corrected chi connectivity index (χ4v) is 5.40. The number of carbonyl (C=O) groups excluding carboxylic acids is 1. The zero-order valence-electron chi connectivity index (χ0n) is 22.8. The lowest BCUT2D eigenvalue weighted by molar-refractivity contribution is -0.114. The second-order valence-corrected chi connectivity index (χ2v) is 10.6. The van der Waals surface area contributed by atoms with Gasteiger partial charge in [0.15, 0.2) is 11.3 Å². The van der Waals surface area contributed by atoms with Crippen LogP contribution in [0.25, 0.3) is 16.6 Å². The van der Waals surface area contributed by atoms with Crippen LogP contribution >= 0.6 is 0 Å². The van der Waals surface area contributed by atoms with Gasteiger partial charge in [0.05, 0.1) is 17.4 Å². The average Bonchev–Trinajstić information content (AvgIpc) is 3.56. The number of carbonyl (C=O) groups is 1. The van der Waals surface area contributed by atoms with E-state index in [1.807, 2.05) is 18.9 Å². The van der Waals surface area contributed by atoms with Crippen molar-refractivity contribution in [2.24, 2.45) is 0 Å². The Hall–Kier alpha value is -5.04. The van der Waals surface area contributed by atoms with Crippen molar-refractivity contribution >= 4 is 39.8 Å². The van der Waals surface area contributed by atoms with E-state index in [0.29, 0.717) is 63.8 Å². The lowest BCUT2D eigenvalue weighted by Gasteiger charge is -2.40. The summed E-state index contributed by atoms with van der Waals surface area (Å²) >= 11 is 0. The quantitative estimate of drug-likeness (QED) is 0.298. The molecule has 42 heavy (non-hydrogen) atoms. The summed E-state index contributed by atoms with van der Waals surface area (Å²) in [6.07, 6.45) is 7.92. The van der Waals surface area contributed by atoms with E-state index in [9.17, 15) is 9.18 Å². The number of fused-ring (bicyclic) bond motifs is 2. The first-order chi connectivity index (χ1) is 20.2. The number of benzene rings is 1. The van der Waals surface area contributed by atoms with E-state index in [0.717, 1.165) is 0 Å². The van der Waals surface area contributed by atoms with Gasteiger partial charge in [0.2, 0.25) is 0 Å². The van der Waals surface area contributed by atoms with Crippen molar-refractivity contribution in [3.63, 3.8) is 0 Å². The van der Waals surface area contributed by atoms with Gasteiger partial charge in [-0.2, -0.15) is 5.10 Å². The van der Waals surface area contributed by atoms with Gasteiger partial charge < -0.3 is 10.1 Å². The molecule has 0 saturated carbocycles. The van der Waals surface area contributed by atoms with Crippen molar-refractivity contribution in [3.05, 3.63) is 78.4 Å². The number of nitrogens with zero attached hydrogens (tertiary/aromatic N) is 8. The number of nitrogens with one attached hydrogen (secondary N) is 1. The molecule has 0 unspecified atom stereocenters. The first kappa shape index (κ1) is 25.9. The smallest absolute Gasteiger partial charge is 0.255 e. The van der Waals surface area contributed by atoms with Crippen LogP contribution in [0.3, 0.4) is 0 Å². The summed E-state index contributed by atoms with van der Waals surface area (Å²) in [6, 6.07) is 8.04. The molecular formula is C29H25F2N9O2. The van der Waals surface area contributed by atoms with Gasteiger partial charge in [-0.1, -0.05) is 0 Å². The molecule has 1 aromatic carbocycles. The molecule has 212 valence electrons. The average molecular weight is 570 g/mol. The first-order valence-electron chi connectivity index (χ1n) is 13.3. The van der Waals surface area contributed by atoms with Gasteiger partial charge in [0, 0.05) is 48.9 Å². The molecule has 4 aromatic heterocycles. The Morgan fingerprint density at radius 2 is 1.95 bits per heavy atom. The third-order valence-electron chi connectivity index (χ3n) is 7.40. The number of amides is 1. The second-order valence-electron chi connectivity index (χ2n) is 10.6. The summed E-state index contributed by atoms with van der Waals surface area (Å²) in [5.41, 5.74) is 0.953. The molecule has 2 saturated heterocycles. The zero-order valence-corrected chi connectivity index (χ0v) is 22.8. The Morgan fingerprint density at radius 1 is 1.10 bits per heavy atom. The number of anilines is 3. The maximum atomic E-state index is 15.3. The zero-order chi connectivity index (χ0) is 29.0. The SMILES string of the molecule is Cc1cc(Nc2ncnc3cnc(N4CC/C(=C\C5(F)CN(C)C5)C4=O)cc23)c(F)cc1Oc1ccn2ncnc2c1.